The van der Waals surface area contributed by atoms with Crippen LogP contribution in [0.4, 0.5) is 4.79 Å². The zero-order valence-corrected chi connectivity index (χ0v) is 19.2. The summed E-state index contributed by atoms with van der Waals surface area (Å²) >= 11 is 0. The summed E-state index contributed by atoms with van der Waals surface area (Å²) in [5, 5.41) is 14.5. The van der Waals surface area contributed by atoms with Crippen LogP contribution in [-0.2, 0) is 14.3 Å². The second-order valence-corrected chi connectivity index (χ2v) is 8.40. The molecule has 2 aromatic carbocycles. The molecule has 33 heavy (non-hydrogen) atoms. The molecule has 0 radical (unpaired) electrons. The van der Waals surface area contributed by atoms with Crippen molar-refractivity contribution >= 4 is 18.0 Å². The molecule has 3 N–H and O–H groups in total. The normalized spacial score (nSPS) is 14.0. The van der Waals surface area contributed by atoms with E-state index in [1.54, 1.807) is 0 Å². The highest BCUT2D eigenvalue weighted by Crippen LogP contribution is 2.44. The lowest BCUT2D eigenvalue weighted by Gasteiger charge is -2.22. The van der Waals surface area contributed by atoms with Gasteiger partial charge in [0.05, 0.1) is 6.42 Å². The van der Waals surface area contributed by atoms with E-state index in [1.807, 2.05) is 50.2 Å². The predicted octanol–water partition coefficient (Wildman–Crippen LogP) is 4.45. The Hall–Kier alpha value is -3.35. The number of aliphatic carboxylic acids is 1. The lowest BCUT2D eigenvalue weighted by atomic mass is 9.98. The lowest BCUT2D eigenvalue weighted by molar-refractivity contribution is -0.137. The molecule has 7 heteroatoms. The van der Waals surface area contributed by atoms with Crippen LogP contribution in [0.25, 0.3) is 11.1 Å². The fourth-order valence-electron chi connectivity index (χ4n) is 4.43. The molecular formula is C26H32N2O5. The second kappa shape index (κ2) is 11.5. The van der Waals surface area contributed by atoms with E-state index in [0.29, 0.717) is 19.3 Å². The highest BCUT2D eigenvalue weighted by atomic mass is 16.5. The van der Waals surface area contributed by atoms with Crippen molar-refractivity contribution in [3.63, 3.8) is 0 Å². The van der Waals surface area contributed by atoms with Crippen LogP contribution in [0, 0.1) is 0 Å². The molecule has 0 heterocycles. The first-order valence-corrected chi connectivity index (χ1v) is 11.6. The van der Waals surface area contributed by atoms with Gasteiger partial charge >= 0.3 is 12.1 Å². The summed E-state index contributed by atoms with van der Waals surface area (Å²) in [7, 11) is 0. The van der Waals surface area contributed by atoms with Gasteiger partial charge in [0.25, 0.3) is 0 Å². The van der Waals surface area contributed by atoms with Crippen LogP contribution in [0.2, 0.25) is 0 Å². The molecule has 3 rings (SSSR count). The average Bonchev–Trinajstić information content (AvgIpc) is 3.11. The van der Waals surface area contributed by atoms with Gasteiger partial charge in [0.1, 0.15) is 12.6 Å². The van der Waals surface area contributed by atoms with Crippen molar-refractivity contribution in [2.24, 2.45) is 0 Å². The molecule has 2 aromatic rings. The Balaban J connectivity index is 1.62. The minimum Gasteiger partial charge on any atom is -0.481 e. The number of rotatable bonds is 11. The molecule has 0 bridgehead atoms. The highest BCUT2D eigenvalue weighted by Gasteiger charge is 2.30. The Morgan fingerprint density at radius 2 is 1.48 bits per heavy atom. The van der Waals surface area contributed by atoms with E-state index in [2.05, 4.69) is 22.8 Å². The molecule has 1 aliphatic carbocycles. The van der Waals surface area contributed by atoms with Crippen molar-refractivity contribution in [2.45, 2.75) is 64.0 Å². The molecule has 1 aliphatic rings. The van der Waals surface area contributed by atoms with Gasteiger partial charge in [0, 0.05) is 12.0 Å². The summed E-state index contributed by atoms with van der Waals surface area (Å²) in [6.07, 6.45) is 1.61. The molecular weight excluding hydrogens is 420 g/mol. The number of nitrogens with one attached hydrogen (secondary N) is 2. The van der Waals surface area contributed by atoms with Crippen LogP contribution in [0.5, 0.6) is 0 Å². The molecule has 0 fully saturated rings. The molecule has 176 valence electrons. The van der Waals surface area contributed by atoms with E-state index in [1.165, 1.54) is 0 Å². The number of benzene rings is 2. The average molecular weight is 453 g/mol. The summed E-state index contributed by atoms with van der Waals surface area (Å²) in [4.78, 5) is 36.4. The number of carbonyl (C=O) groups excluding carboxylic acids is 2. The largest absolute Gasteiger partial charge is 0.481 e. The third kappa shape index (κ3) is 6.12. The van der Waals surface area contributed by atoms with Crippen molar-refractivity contribution in [1.82, 2.24) is 10.6 Å². The molecule has 2 amide bonds. The first-order chi connectivity index (χ1) is 15.9. The third-order valence-corrected chi connectivity index (χ3v) is 5.93. The summed E-state index contributed by atoms with van der Waals surface area (Å²) in [5.74, 6) is -1.42. The Morgan fingerprint density at radius 1 is 0.909 bits per heavy atom. The van der Waals surface area contributed by atoms with Gasteiger partial charge in [-0.05, 0) is 35.1 Å². The molecule has 0 saturated carbocycles. The van der Waals surface area contributed by atoms with Crippen LogP contribution in [-0.4, -0.2) is 41.8 Å². The quantitative estimate of drug-likeness (QED) is 0.467. The number of carboxylic acid groups (broad SMARTS) is 1. The van der Waals surface area contributed by atoms with Crippen molar-refractivity contribution in [3.8, 4) is 11.1 Å². The van der Waals surface area contributed by atoms with Gasteiger partial charge in [0.2, 0.25) is 5.91 Å². The Bertz CT molecular complexity index is 945. The van der Waals surface area contributed by atoms with Gasteiger partial charge < -0.3 is 20.5 Å². The topological polar surface area (TPSA) is 105 Å². The van der Waals surface area contributed by atoms with E-state index in [0.717, 1.165) is 28.7 Å². The predicted molar refractivity (Wildman–Crippen MR) is 126 cm³/mol. The minimum absolute atomic E-state index is 0.0638. The first-order valence-electron chi connectivity index (χ1n) is 11.6. The summed E-state index contributed by atoms with van der Waals surface area (Å²) in [5.41, 5.74) is 4.52. The molecule has 2 atom stereocenters. The molecule has 0 saturated heterocycles. The SMILES string of the molecule is CCC[C@H](CC(=O)O)NC(=O)[C@@H](CCC)NC(=O)OCC1c2ccccc2-c2ccccc21. The zero-order valence-electron chi connectivity index (χ0n) is 19.2. The monoisotopic (exact) mass is 452 g/mol. The lowest BCUT2D eigenvalue weighted by Crippen LogP contribution is -2.50. The number of carboxylic acids is 1. The molecule has 0 spiro atoms. The molecule has 0 aromatic heterocycles. The minimum atomic E-state index is -0.967. The van der Waals surface area contributed by atoms with Crippen molar-refractivity contribution in [1.29, 1.82) is 0 Å². The summed E-state index contributed by atoms with van der Waals surface area (Å²) in [6, 6.07) is 14.9. The van der Waals surface area contributed by atoms with Crippen LogP contribution < -0.4 is 10.6 Å². The van der Waals surface area contributed by atoms with Crippen molar-refractivity contribution < 1.29 is 24.2 Å². The number of hydrogen-bond acceptors (Lipinski definition) is 4. The Labute approximate surface area is 194 Å². The standard InChI is InChI=1S/C26H32N2O5/c1-3-9-17(15-24(29)30)27-25(31)23(10-4-2)28-26(32)33-16-22-20-13-7-5-11-18(20)19-12-6-8-14-21(19)22/h5-8,11-14,17,22-23H,3-4,9-10,15-16H2,1-2H3,(H,27,31)(H,28,32)(H,29,30)/t17-,23-/m1/s1. The second-order valence-electron chi connectivity index (χ2n) is 8.40. The Kier molecular flexibility index (Phi) is 8.46. The zero-order chi connectivity index (χ0) is 23.8. The maximum absolute atomic E-state index is 12.7. The van der Waals surface area contributed by atoms with Crippen molar-refractivity contribution in [2.75, 3.05) is 6.61 Å². The van der Waals surface area contributed by atoms with Crippen LogP contribution in [0.1, 0.15) is 63.0 Å². The summed E-state index contributed by atoms with van der Waals surface area (Å²) in [6.45, 7) is 4.01. The van der Waals surface area contributed by atoms with Gasteiger partial charge in [0.15, 0.2) is 0 Å². The summed E-state index contributed by atoms with van der Waals surface area (Å²) < 4.78 is 5.56. The maximum atomic E-state index is 12.7. The smallest absolute Gasteiger partial charge is 0.407 e. The highest BCUT2D eigenvalue weighted by molar-refractivity contribution is 5.86. The van der Waals surface area contributed by atoms with Gasteiger partial charge in [-0.3, -0.25) is 9.59 Å². The third-order valence-electron chi connectivity index (χ3n) is 5.93. The number of ether oxygens (including phenoxy) is 1. The van der Waals surface area contributed by atoms with Crippen LogP contribution >= 0.6 is 0 Å². The van der Waals surface area contributed by atoms with Gasteiger partial charge in [-0.25, -0.2) is 4.79 Å². The van der Waals surface area contributed by atoms with Gasteiger partial charge in [-0.2, -0.15) is 0 Å². The number of alkyl carbamates (subject to hydrolysis) is 1. The van der Waals surface area contributed by atoms with Crippen molar-refractivity contribution in [3.05, 3.63) is 59.7 Å². The number of hydrogen-bond donors (Lipinski definition) is 3. The van der Waals surface area contributed by atoms with E-state index < -0.39 is 24.1 Å². The molecule has 0 unspecified atom stereocenters. The van der Waals surface area contributed by atoms with E-state index >= 15 is 0 Å². The van der Waals surface area contributed by atoms with E-state index in [-0.39, 0.29) is 24.9 Å². The Morgan fingerprint density at radius 3 is 2.03 bits per heavy atom. The van der Waals surface area contributed by atoms with Gasteiger partial charge in [-0.1, -0.05) is 75.2 Å². The number of amides is 2. The van der Waals surface area contributed by atoms with E-state index in [4.69, 9.17) is 9.84 Å². The van der Waals surface area contributed by atoms with Crippen LogP contribution in [0.3, 0.4) is 0 Å². The molecule has 0 aliphatic heterocycles. The fourth-order valence-corrected chi connectivity index (χ4v) is 4.43. The number of fused-ring (bicyclic) bond motifs is 3. The van der Waals surface area contributed by atoms with Crippen LogP contribution in [0.15, 0.2) is 48.5 Å². The van der Waals surface area contributed by atoms with Gasteiger partial charge in [-0.15, -0.1) is 0 Å². The maximum Gasteiger partial charge on any atom is 0.407 e. The van der Waals surface area contributed by atoms with E-state index in [9.17, 15) is 14.4 Å². The fraction of sp³-hybridized carbons (Fsp3) is 0.423. The first kappa shape index (κ1) is 24.3. The number of carbonyl (C=O) groups is 3. The molecule has 7 nitrogen and oxygen atoms in total.